The number of anilines is 1. The SMILES string of the molecule is CC1(Nc2nc3ccccn3c2C(=O)O)CCS(=O)(=O)C1. The molecule has 0 amide bonds. The van der Waals surface area contributed by atoms with Gasteiger partial charge in [-0.2, -0.15) is 0 Å². The highest BCUT2D eigenvalue weighted by molar-refractivity contribution is 7.91. The molecular weight excluding hydrogens is 294 g/mol. The van der Waals surface area contributed by atoms with Crippen molar-refractivity contribution in [3.63, 3.8) is 0 Å². The van der Waals surface area contributed by atoms with Crippen molar-refractivity contribution < 1.29 is 18.3 Å². The Hall–Kier alpha value is -2.09. The fourth-order valence-corrected chi connectivity index (χ4v) is 4.78. The number of imidazole rings is 1. The number of nitrogens with one attached hydrogen (secondary N) is 1. The number of hydrogen-bond acceptors (Lipinski definition) is 5. The van der Waals surface area contributed by atoms with E-state index in [1.807, 2.05) is 0 Å². The van der Waals surface area contributed by atoms with Crippen LogP contribution >= 0.6 is 0 Å². The third-order valence-electron chi connectivity index (χ3n) is 3.66. The van der Waals surface area contributed by atoms with E-state index in [2.05, 4.69) is 10.3 Å². The van der Waals surface area contributed by atoms with Gasteiger partial charge in [-0.1, -0.05) is 6.07 Å². The van der Waals surface area contributed by atoms with E-state index < -0.39 is 21.3 Å². The normalized spacial score (nSPS) is 24.2. The van der Waals surface area contributed by atoms with Crippen LogP contribution in [0.3, 0.4) is 0 Å². The molecule has 0 aromatic carbocycles. The Labute approximate surface area is 121 Å². The van der Waals surface area contributed by atoms with Gasteiger partial charge in [-0.25, -0.2) is 18.2 Å². The molecule has 0 bridgehead atoms. The second-order valence-corrected chi connectivity index (χ2v) is 7.75. The quantitative estimate of drug-likeness (QED) is 0.878. The number of carboxylic acid groups (broad SMARTS) is 1. The van der Waals surface area contributed by atoms with E-state index in [9.17, 15) is 18.3 Å². The summed E-state index contributed by atoms with van der Waals surface area (Å²) < 4.78 is 24.8. The number of fused-ring (bicyclic) bond motifs is 1. The van der Waals surface area contributed by atoms with Gasteiger partial charge < -0.3 is 10.4 Å². The second-order valence-electron chi connectivity index (χ2n) is 5.57. The number of carbonyl (C=O) groups is 1. The molecule has 0 aliphatic carbocycles. The van der Waals surface area contributed by atoms with Crippen molar-refractivity contribution in [1.29, 1.82) is 0 Å². The number of nitrogens with zero attached hydrogens (tertiary/aromatic N) is 2. The standard InChI is InChI=1S/C13H15N3O4S/c1-13(5-7-21(19,20)8-13)15-11-10(12(17)18)16-6-3-2-4-9(16)14-11/h2-4,6,15H,5,7-8H2,1H3,(H,17,18). The Bertz CT molecular complexity index is 827. The molecule has 2 aromatic rings. The van der Waals surface area contributed by atoms with Crippen molar-refractivity contribution in [2.75, 3.05) is 16.8 Å². The topological polar surface area (TPSA) is 101 Å². The van der Waals surface area contributed by atoms with Crippen LogP contribution in [0.25, 0.3) is 5.65 Å². The number of pyridine rings is 1. The number of rotatable bonds is 3. The van der Waals surface area contributed by atoms with Crippen LogP contribution in [0.5, 0.6) is 0 Å². The van der Waals surface area contributed by atoms with Gasteiger partial charge in [0.05, 0.1) is 17.0 Å². The van der Waals surface area contributed by atoms with Crippen molar-refractivity contribution in [2.45, 2.75) is 18.9 Å². The zero-order valence-corrected chi connectivity index (χ0v) is 12.2. The molecule has 1 unspecified atom stereocenters. The van der Waals surface area contributed by atoms with E-state index >= 15 is 0 Å². The van der Waals surface area contributed by atoms with Crippen molar-refractivity contribution in [3.05, 3.63) is 30.1 Å². The van der Waals surface area contributed by atoms with Gasteiger partial charge in [-0.15, -0.1) is 0 Å². The molecule has 0 spiro atoms. The third kappa shape index (κ3) is 2.46. The molecule has 1 saturated heterocycles. The highest BCUT2D eigenvalue weighted by Gasteiger charge is 2.39. The molecule has 2 N–H and O–H groups in total. The molecule has 3 rings (SSSR count). The molecule has 1 atom stereocenters. The van der Waals surface area contributed by atoms with Crippen LogP contribution in [0, 0.1) is 0 Å². The minimum Gasteiger partial charge on any atom is -0.476 e. The lowest BCUT2D eigenvalue weighted by molar-refractivity contribution is 0.0690. The lowest BCUT2D eigenvalue weighted by Crippen LogP contribution is -2.36. The molecule has 3 heterocycles. The van der Waals surface area contributed by atoms with E-state index in [-0.39, 0.29) is 23.0 Å². The Morgan fingerprint density at radius 3 is 2.86 bits per heavy atom. The largest absolute Gasteiger partial charge is 0.476 e. The highest BCUT2D eigenvalue weighted by atomic mass is 32.2. The first-order valence-electron chi connectivity index (χ1n) is 6.49. The molecule has 21 heavy (non-hydrogen) atoms. The van der Waals surface area contributed by atoms with Gasteiger partial charge in [-0.3, -0.25) is 4.40 Å². The second kappa shape index (κ2) is 4.45. The molecule has 1 aliphatic heterocycles. The monoisotopic (exact) mass is 309 g/mol. The van der Waals surface area contributed by atoms with E-state index in [4.69, 9.17) is 0 Å². The summed E-state index contributed by atoms with van der Waals surface area (Å²) in [5.41, 5.74) is -0.181. The average Bonchev–Trinajstić information content (AvgIpc) is 2.86. The Kier molecular flexibility index (Phi) is 2.94. The van der Waals surface area contributed by atoms with Gasteiger partial charge in [0, 0.05) is 6.20 Å². The maximum atomic E-state index is 11.6. The smallest absolute Gasteiger partial charge is 0.356 e. The van der Waals surface area contributed by atoms with Gasteiger partial charge in [0.25, 0.3) is 0 Å². The van der Waals surface area contributed by atoms with E-state index in [0.29, 0.717) is 12.1 Å². The summed E-state index contributed by atoms with van der Waals surface area (Å²) in [6, 6.07) is 5.18. The Morgan fingerprint density at radius 2 is 2.24 bits per heavy atom. The maximum absolute atomic E-state index is 11.6. The van der Waals surface area contributed by atoms with Crippen LogP contribution in [0.4, 0.5) is 5.82 Å². The van der Waals surface area contributed by atoms with Gasteiger partial charge >= 0.3 is 5.97 Å². The molecular formula is C13H15N3O4S. The molecule has 1 aliphatic rings. The minimum absolute atomic E-state index is 0.0103. The predicted octanol–water partition coefficient (Wildman–Crippen LogP) is 1.02. The summed E-state index contributed by atoms with van der Waals surface area (Å²) in [5.74, 6) is -0.826. The fraction of sp³-hybridized carbons (Fsp3) is 0.385. The van der Waals surface area contributed by atoms with E-state index in [1.54, 1.807) is 31.3 Å². The number of carboxylic acids is 1. The molecule has 8 heteroatoms. The van der Waals surface area contributed by atoms with Crippen LogP contribution in [-0.4, -0.2) is 45.9 Å². The van der Waals surface area contributed by atoms with Crippen molar-refractivity contribution >= 4 is 27.3 Å². The summed E-state index contributed by atoms with van der Waals surface area (Å²) in [6.45, 7) is 1.77. The average molecular weight is 309 g/mol. The van der Waals surface area contributed by atoms with Crippen LogP contribution in [0.1, 0.15) is 23.8 Å². The van der Waals surface area contributed by atoms with Crippen LogP contribution < -0.4 is 5.32 Å². The number of sulfone groups is 1. The van der Waals surface area contributed by atoms with Crippen molar-refractivity contribution in [3.8, 4) is 0 Å². The Morgan fingerprint density at radius 1 is 1.48 bits per heavy atom. The number of aromatic nitrogens is 2. The molecule has 112 valence electrons. The zero-order chi connectivity index (χ0) is 15.3. The van der Waals surface area contributed by atoms with E-state index in [0.717, 1.165) is 0 Å². The van der Waals surface area contributed by atoms with Crippen LogP contribution in [-0.2, 0) is 9.84 Å². The first kappa shape index (κ1) is 13.9. The highest BCUT2D eigenvalue weighted by Crippen LogP contribution is 2.29. The summed E-state index contributed by atoms with van der Waals surface area (Å²) in [4.78, 5) is 15.7. The van der Waals surface area contributed by atoms with Gasteiger partial charge in [0.15, 0.2) is 21.3 Å². The summed E-state index contributed by atoms with van der Waals surface area (Å²) >= 11 is 0. The summed E-state index contributed by atoms with van der Waals surface area (Å²) in [7, 11) is -3.08. The summed E-state index contributed by atoms with van der Waals surface area (Å²) in [6.07, 6.45) is 2.05. The van der Waals surface area contributed by atoms with Crippen LogP contribution in [0.2, 0.25) is 0 Å². The molecule has 0 radical (unpaired) electrons. The summed E-state index contributed by atoms with van der Waals surface area (Å²) in [5, 5.41) is 12.4. The molecule has 1 fully saturated rings. The fourth-order valence-electron chi connectivity index (χ4n) is 2.68. The first-order chi connectivity index (χ1) is 9.80. The first-order valence-corrected chi connectivity index (χ1v) is 8.31. The van der Waals surface area contributed by atoms with Crippen molar-refractivity contribution in [1.82, 2.24) is 9.38 Å². The minimum atomic E-state index is -3.08. The lowest BCUT2D eigenvalue weighted by Gasteiger charge is -2.24. The Balaban J connectivity index is 2.05. The number of hydrogen-bond donors (Lipinski definition) is 2. The van der Waals surface area contributed by atoms with Crippen LogP contribution in [0.15, 0.2) is 24.4 Å². The van der Waals surface area contributed by atoms with E-state index in [1.165, 1.54) is 4.40 Å². The molecule has 2 aromatic heterocycles. The lowest BCUT2D eigenvalue weighted by atomic mass is 10.0. The maximum Gasteiger partial charge on any atom is 0.356 e. The van der Waals surface area contributed by atoms with Gasteiger partial charge in [0.1, 0.15) is 5.65 Å². The number of aromatic carboxylic acids is 1. The van der Waals surface area contributed by atoms with Gasteiger partial charge in [0.2, 0.25) is 0 Å². The molecule has 7 nitrogen and oxygen atoms in total. The van der Waals surface area contributed by atoms with Crippen molar-refractivity contribution in [2.24, 2.45) is 0 Å². The zero-order valence-electron chi connectivity index (χ0n) is 11.4. The molecule has 0 saturated carbocycles. The third-order valence-corrected chi connectivity index (χ3v) is 5.56. The van der Waals surface area contributed by atoms with Gasteiger partial charge in [-0.05, 0) is 25.5 Å². The predicted molar refractivity (Wildman–Crippen MR) is 77.4 cm³/mol.